The fraction of sp³-hybridized carbons (Fsp3) is 0.364. The maximum Gasteiger partial charge on any atom is 0.265 e. The number of nitrogens with one attached hydrogen (secondary N) is 1. The Hall–Kier alpha value is -0.790. The molecule has 1 N–H and O–H groups in total. The van der Waals surface area contributed by atoms with E-state index in [1.54, 1.807) is 19.9 Å². The van der Waals surface area contributed by atoms with Gasteiger partial charge in [-0.2, -0.15) is 0 Å². The molecule has 0 aliphatic heterocycles. The molecule has 0 fully saturated rings. The molecule has 106 valence electrons. The second-order valence-corrected chi connectivity index (χ2v) is 7.18. The minimum absolute atomic E-state index is 0.0875. The van der Waals surface area contributed by atoms with Gasteiger partial charge in [0.05, 0.1) is 0 Å². The number of likely N-dealkylation sites (N-methyl/N-ethyl adjacent to an activating group) is 1. The molecule has 1 aromatic rings. The van der Waals surface area contributed by atoms with Gasteiger partial charge in [0.25, 0.3) is 15.0 Å². The van der Waals surface area contributed by atoms with Gasteiger partial charge in [-0.25, -0.2) is 8.42 Å². The Morgan fingerprint density at radius 1 is 1.47 bits per heavy atom. The van der Waals surface area contributed by atoms with Crippen molar-refractivity contribution in [2.45, 2.75) is 18.7 Å². The Labute approximate surface area is 124 Å². The topological polar surface area (TPSA) is 72.5 Å². The Kier molecular flexibility index (Phi) is 5.64. The van der Waals surface area contributed by atoms with Crippen LogP contribution in [0.4, 0.5) is 0 Å². The highest BCUT2D eigenvalue weighted by Gasteiger charge is 2.20. The lowest BCUT2D eigenvalue weighted by Gasteiger charge is -2.12. The van der Waals surface area contributed by atoms with Crippen LogP contribution in [0.2, 0.25) is 0 Å². The summed E-state index contributed by atoms with van der Waals surface area (Å²) in [4.78, 5) is 11.2. The molecule has 0 heterocycles. The van der Waals surface area contributed by atoms with Gasteiger partial charge in [-0.3, -0.25) is 4.79 Å². The van der Waals surface area contributed by atoms with Crippen molar-refractivity contribution >= 4 is 41.6 Å². The summed E-state index contributed by atoms with van der Waals surface area (Å²) in [6.07, 6.45) is 0. The number of amides is 1. The first kappa shape index (κ1) is 16.3. The van der Waals surface area contributed by atoms with Crippen molar-refractivity contribution in [1.29, 1.82) is 0 Å². The van der Waals surface area contributed by atoms with Crippen LogP contribution in [-0.2, 0) is 13.8 Å². The lowest BCUT2D eigenvalue weighted by Crippen LogP contribution is -2.28. The van der Waals surface area contributed by atoms with Crippen LogP contribution in [0.1, 0.15) is 12.5 Å². The second kappa shape index (κ2) is 6.58. The van der Waals surface area contributed by atoms with E-state index in [0.717, 1.165) is 0 Å². The molecule has 0 aliphatic rings. The standard InChI is InChI=1S/C11H13BrClNO4S/c1-3-14-10(15)6-18-11-7(2)4-8(12)5-9(11)19(13,16)17/h4-5H,3,6H2,1-2H3,(H,14,15). The zero-order valence-corrected chi connectivity index (χ0v) is 13.5. The van der Waals surface area contributed by atoms with E-state index in [0.29, 0.717) is 16.6 Å². The van der Waals surface area contributed by atoms with E-state index in [-0.39, 0.29) is 23.2 Å². The first-order valence-electron chi connectivity index (χ1n) is 5.40. The van der Waals surface area contributed by atoms with Crippen LogP contribution in [-0.4, -0.2) is 27.5 Å². The quantitative estimate of drug-likeness (QED) is 0.807. The number of benzene rings is 1. The smallest absolute Gasteiger partial charge is 0.265 e. The monoisotopic (exact) mass is 369 g/mol. The van der Waals surface area contributed by atoms with E-state index in [9.17, 15) is 13.2 Å². The minimum atomic E-state index is -3.95. The molecule has 0 saturated heterocycles. The molecule has 1 rings (SSSR count). The van der Waals surface area contributed by atoms with Crippen molar-refractivity contribution in [3.8, 4) is 5.75 Å². The summed E-state index contributed by atoms with van der Waals surface area (Å²) in [7, 11) is 1.40. The van der Waals surface area contributed by atoms with Crippen LogP contribution < -0.4 is 10.1 Å². The lowest BCUT2D eigenvalue weighted by molar-refractivity contribution is -0.123. The summed E-state index contributed by atoms with van der Waals surface area (Å²) in [6, 6.07) is 3.01. The molecule has 0 aromatic heterocycles. The van der Waals surface area contributed by atoms with Crippen molar-refractivity contribution in [3.63, 3.8) is 0 Å². The number of halogens is 2. The van der Waals surface area contributed by atoms with Crippen LogP contribution in [0.25, 0.3) is 0 Å². The maximum absolute atomic E-state index is 11.5. The summed E-state index contributed by atoms with van der Waals surface area (Å²) in [5.74, 6) is -0.243. The number of hydrogen-bond donors (Lipinski definition) is 1. The largest absolute Gasteiger partial charge is 0.482 e. The lowest BCUT2D eigenvalue weighted by atomic mass is 10.2. The third kappa shape index (κ3) is 4.67. The molecule has 0 radical (unpaired) electrons. The summed E-state index contributed by atoms with van der Waals surface area (Å²) >= 11 is 3.19. The number of carbonyl (C=O) groups is 1. The van der Waals surface area contributed by atoms with Crippen molar-refractivity contribution in [3.05, 3.63) is 22.2 Å². The minimum Gasteiger partial charge on any atom is -0.482 e. The highest BCUT2D eigenvalue weighted by atomic mass is 79.9. The van der Waals surface area contributed by atoms with Crippen molar-refractivity contribution in [2.24, 2.45) is 0 Å². The average Bonchev–Trinajstić information content (AvgIpc) is 2.26. The van der Waals surface area contributed by atoms with Gasteiger partial charge in [0, 0.05) is 21.7 Å². The van der Waals surface area contributed by atoms with Crippen LogP contribution in [0, 0.1) is 6.92 Å². The Morgan fingerprint density at radius 2 is 2.11 bits per heavy atom. The van der Waals surface area contributed by atoms with Gasteiger partial charge in [0.2, 0.25) is 0 Å². The molecule has 0 aliphatic carbocycles. The van der Waals surface area contributed by atoms with Gasteiger partial charge in [-0.05, 0) is 31.5 Å². The second-order valence-electron chi connectivity index (χ2n) is 3.73. The van der Waals surface area contributed by atoms with E-state index < -0.39 is 9.05 Å². The third-order valence-electron chi connectivity index (χ3n) is 2.19. The van der Waals surface area contributed by atoms with Gasteiger partial charge in [0.1, 0.15) is 10.6 Å². The van der Waals surface area contributed by atoms with Crippen molar-refractivity contribution in [2.75, 3.05) is 13.2 Å². The van der Waals surface area contributed by atoms with Gasteiger partial charge in [-0.1, -0.05) is 15.9 Å². The van der Waals surface area contributed by atoms with E-state index in [1.165, 1.54) is 6.07 Å². The fourth-order valence-electron chi connectivity index (χ4n) is 1.45. The molecule has 0 atom stereocenters. The summed E-state index contributed by atoms with van der Waals surface area (Å²) in [5, 5.41) is 2.55. The predicted octanol–water partition coefficient (Wildman–Crippen LogP) is 2.20. The highest BCUT2D eigenvalue weighted by molar-refractivity contribution is 9.10. The van der Waals surface area contributed by atoms with Crippen LogP contribution in [0.15, 0.2) is 21.5 Å². The molecular formula is C11H13BrClNO4S. The van der Waals surface area contributed by atoms with Crippen LogP contribution in [0.3, 0.4) is 0 Å². The van der Waals surface area contributed by atoms with E-state index in [4.69, 9.17) is 15.4 Å². The molecule has 0 bridgehead atoms. The fourth-order valence-corrected chi connectivity index (χ4v) is 3.23. The molecule has 1 aromatic carbocycles. The Bertz CT molecular complexity index is 589. The summed E-state index contributed by atoms with van der Waals surface area (Å²) < 4.78 is 28.8. The van der Waals surface area contributed by atoms with Crippen molar-refractivity contribution < 1.29 is 17.9 Å². The molecule has 8 heteroatoms. The first-order chi connectivity index (χ1) is 8.75. The maximum atomic E-state index is 11.5. The molecule has 19 heavy (non-hydrogen) atoms. The normalized spacial score (nSPS) is 11.2. The van der Waals surface area contributed by atoms with Crippen molar-refractivity contribution in [1.82, 2.24) is 5.32 Å². The highest BCUT2D eigenvalue weighted by Crippen LogP contribution is 2.33. The number of carbonyl (C=O) groups excluding carboxylic acids is 1. The zero-order chi connectivity index (χ0) is 14.6. The van der Waals surface area contributed by atoms with E-state index in [1.807, 2.05) is 0 Å². The van der Waals surface area contributed by atoms with E-state index >= 15 is 0 Å². The molecule has 1 amide bonds. The average molecular weight is 371 g/mol. The van der Waals surface area contributed by atoms with Gasteiger partial charge in [-0.15, -0.1) is 0 Å². The van der Waals surface area contributed by atoms with Gasteiger partial charge in [0.15, 0.2) is 6.61 Å². The van der Waals surface area contributed by atoms with Gasteiger partial charge >= 0.3 is 0 Å². The Balaban J connectivity index is 3.09. The number of rotatable bonds is 5. The summed E-state index contributed by atoms with van der Waals surface area (Å²) in [6.45, 7) is 3.65. The Morgan fingerprint density at radius 3 is 2.63 bits per heavy atom. The molecule has 0 spiro atoms. The van der Waals surface area contributed by atoms with Crippen LogP contribution >= 0.6 is 26.6 Å². The molecule has 0 saturated carbocycles. The summed E-state index contributed by atoms with van der Waals surface area (Å²) in [5.41, 5.74) is 0.567. The molecule has 5 nitrogen and oxygen atoms in total. The third-order valence-corrected chi connectivity index (χ3v) is 3.97. The molecular weight excluding hydrogens is 358 g/mol. The van der Waals surface area contributed by atoms with Crippen LogP contribution in [0.5, 0.6) is 5.75 Å². The first-order valence-corrected chi connectivity index (χ1v) is 8.50. The number of aryl methyl sites for hydroxylation is 1. The zero-order valence-electron chi connectivity index (χ0n) is 10.4. The number of hydrogen-bond acceptors (Lipinski definition) is 4. The van der Waals surface area contributed by atoms with E-state index in [2.05, 4.69) is 21.2 Å². The predicted molar refractivity (Wildman–Crippen MR) is 76.1 cm³/mol. The molecule has 0 unspecified atom stereocenters. The number of ether oxygens (including phenoxy) is 1. The SMILES string of the molecule is CCNC(=O)COc1c(C)cc(Br)cc1S(=O)(=O)Cl. The van der Waals surface area contributed by atoms with Gasteiger partial charge < -0.3 is 10.1 Å².